The van der Waals surface area contributed by atoms with E-state index in [2.05, 4.69) is 5.32 Å². The molecule has 2 amide bonds. The molecule has 2 aromatic carbocycles. The van der Waals surface area contributed by atoms with Crippen molar-refractivity contribution >= 4 is 23.2 Å². The average molecular weight is 280 g/mol. The molecule has 1 heterocycles. The minimum Gasteiger partial charge on any atom is -0.322 e. The van der Waals surface area contributed by atoms with Crippen molar-refractivity contribution in [2.24, 2.45) is 0 Å². The standard InChI is InChI=1S/C17H16N2O2/c1-12-6-5-9-14-17(12)18-15(20)11-19(14)16(21)10-13-7-3-2-4-8-13/h2-9H,10-11H2,1H3,(H,18,20). The van der Waals surface area contributed by atoms with Gasteiger partial charge in [-0.25, -0.2) is 0 Å². The van der Waals surface area contributed by atoms with Gasteiger partial charge in [-0.05, 0) is 24.1 Å². The van der Waals surface area contributed by atoms with Crippen molar-refractivity contribution in [2.45, 2.75) is 13.3 Å². The normalized spacial score (nSPS) is 13.6. The highest BCUT2D eigenvalue weighted by atomic mass is 16.2. The summed E-state index contributed by atoms with van der Waals surface area (Å²) >= 11 is 0. The second-order valence-corrected chi connectivity index (χ2v) is 5.16. The van der Waals surface area contributed by atoms with Crippen LogP contribution in [0.3, 0.4) is 0 Å². The Kier molecular flexibility index (Phi) is 3.44. The second-order valence-electron chi connectivity index (χ2n) is 5.16. The molecular formula is C17H16N2O2. The van der Waals surface area contributed by atoms with Gasteiger partial charge in [0.1, 0.15) is 6.54 Å². The van der Waals surface area contributed by atoms with Crippen molar-refractivity contribution in [1.82, 2.24) is 0 Å². The summed E-state index contributed by atoms with van der Waals surface area (Å²) in [5.74, 6) is -0.221. The average Bonchev–Trinajstić information content (AvgIpc) is 2.48. The van der Waals surface area contributed by atoms with E-state index in [1.54, 1.807) is 4.90 Å². The lowest BCUT2D eigenvalue weighted by atomic mass is 10.1. The van der Waals surface area contributed by atoms with Gasteiger partial charge in [-0.3, -0.25) is 9.59 Å². The van der Waals surface area contributed by atoms with Crippen molar-refractivity contribution in [3.05, 3.63) is 59.7 Å². The zero-order valence-corrected chi connectivity index (χ0v) is 11.8. The summed E-state index contributed by atoms with van der Waals surface area (Å²) < 4.78 is 0. The topological polar surface area (TPSA) is 49.4 Å². The summed E-state index contributed by atoms with van der Waals surface area (Å²) in [7, 11) is 0. The van der Waals surface area contributed by atoms with Gasteiger partial charge in [-0.2, -0.15) is 0 Å². The number of para-hydroxylation sites is 1. The van der Waals surface area contributed by atoms with E-state index in [-0.39, 0.29) is 18.4 Å². The maximum absolute atomic E-state index is 12.5. The molecule has 0 saturated heterocycles. The zero-order chi connectivity index (χ0) is 14.8. The van der Waals surface area contributed by atoms with Crippen LogP contribution in [0, 0.1) is 6.92 Å². The monoisotopic (exact) mass is 280 g/mol. The third kappa shape index (κ3) is 2.65. The fourth-order valence-electron chi connectivity index (χ4n) is 2.54. The highest BCUT2D eigenvalue weighted by molar-refractivity contribution is 6.10. The van der Waals surface area contributed by atoms with Gasteiger partial charge in [0.25, 0.3) is 0 Å². The Balaban J connectivity index is 1.91. The molecule has 0 bridgehead atoms. The molecule has 0 unspecified atom stereocenters. The van der Waals surface area contributed by atoms with E-state index < -0.39 is 0 Å². The van der Waals surface area contributed by atoms with Crippen molar-refractivity contribution in [2.75, 3.05) is 16.8 Å². The number of fused-ring (bicyclic) bond motifs is 1. The number of nitrogens with one attached hydrogen (secondary N) is 1. The van der Waals surface area contributed by atoms with Crippen molar-refractivity contribution < 1.29 is 9.59 Å². The fourth-order valence-corrected chi connectivity index (χ4v) is 2.54. The minimum atomic E-state index is -0.154. The molecule has 2 aromatic rings. The molecule has 0 radical (unpaired) electrons. The van der Waals surface area contributed by atoms with Crippen LogP contribution in [0.4, 0.5) is 11.4 Å². The Hall–Kier alpha value is -2.62. The molecule has 106 valence electrons. The number of nitrogens with zero attached hydrogens (tertiary/aromatic N) is 1. The second kappa shape index (κ2) is 5.40. The number of benzene rings is 2. The quantitative estimate of drug-likeness (QED) is 0.919. The van der Waals surface area contributed by atoms with E-state index in [0.29, 0.717) is 6.42 Å². The Morgan fingerprint density at radius 1 is 1.14 bits per heavy atom. The van der Waals surface area contributed by atoms with Gasteiger partial charge in [-0.1, -0.05) is 42.5 Å². The smallest absolute Gasteiger partial charge is 0.244 e. The first-order chi connectivity index (χ1) is 10.1. The molecule has 0 atom stereocenters. The minimum absolute atomic E-state index is 0.0668. The lowest BCUT2D eigenvalue weighted by Crippen LogP contribution is -2.43. The molecule has 0 saturated carbocycles. The highest BCUT2D eigenvalue weighted by Crippen LogP contribution is 2.32. The van der Waals surface area contributed by atoms with Crippen LogP contribution in [-0.2, 0) is 16.0 Å². The van der Waals surface area contributed by atoms with E-state index in [0.717, 1.165) is 22.5 Å². The van der Waals surface area contributed by atoms with Crippen LogP contribution in [0.15, 0.2) is 48.5 Å². The molecule has 0 spiro atoms. The number of carbonyl (C=O) groups excluding carboxylic acids is 2. The van der Waals surface area contributed by atoms with Crippen LogP contribution in [-0.4, -0.2) is 18.4 Å². The van der Waals surface area contributed by atoms with E-state index >= 15 is 0 Å². The van der Waals surface area contributed by atoms with Crippen LogP contribution in [0.5, 0.6) is 0 Å². The zero-order valence-electron chi connectivity index (χ0n) is 11.8. The number of amides is 2. The molecule has 0 fully saturated rings. The van der Waals surface area contributed by atoms with E-state index in [1.165, 1.54) is 0 Å². The Labute approximate surface area is 123 Å². The maximum Gasteiger partial charge on any atom is 0.244 e. The molecule has 1 aliphatic heterocycles. The van der Waals surface area contributed by atoms with Gasteiger partial charge in [0.15, 0.2) is 0 Å². The number of hydrogen-bond acceptors (Lipinski definition) is 2. The van der Waals surface area contributed by atoms with Gasteiger partial charge in [-0.15, -0.1) is 0 Å². The molecule has 4 heteroatoms. The summed E-state index contributed by atoms with van der Waals surface area (Å²) in [5.41, 5.74) is 3.41. The van der Waals surface area contributed by atoms with Crippen LogP contribution < -0.4 is 10.2 Å². The summed E-state index contributed by atoms with van der Waals surface area (Å²) in [6.07, 6.45) is 0.293. The van der Waals surface area contributed by atoms with Crippen molar-refractivity contribution in [3.8, 4) is 0 Å². The van der Waals surface area contributed by atoms with Gasteiger partial charge in [0.05, 0.1) is 17.8 Å². The van der Waals surface area contributed by atoms with E-state index in [9.17, 15) is 9.59 Å². The number of anilines is 2. The van der Waals surface area contributed by atoms with Gasteiger partial charge in [0.2, 0.25) is 11.8 Å². The third-order valence-corrected chi connectivity index (χ3v) is 3.61. The Morgan fingerprint density at radius 3 is 2.67 bits per heavy atom. The molecule has 1 N–H and O–H groups in total. The largest absolute Gasteiger partial charge is 0.322 e. The SMILES string of the molecule is Cc1cccc2c1NC(=O)CN2C(=O)Cc1ccccc1. The third-order valence-electron chi connectivity index (χ3n) is 3.61. The number of aryl methyl sites for hydroxylation is 1. The number of carbonyl (C=O) groups is 2. The lowest BCUT2D eigenvalue weighted by Gasteiger charge is -2.30. The first-order valence-electron chi connectivity index (χ1n) is 6.89. The first-order valence-corrected chi connectivity index (χ1v) is 6.89. The molecule has 1 aliphatic rings. The van der Waals surface area contributed by atoms with Gasteiger partial charge >= 0.3 is 0 Å². The van der Waals surface area contributed by atoms with Crippen molar-refractivity contribution in [3.63, 3.8) is 0 Å². The van der Waals surface area contributed by atoms with Gasteiger partial charge < -0.3 is 10.2 Å². The predicted molar refractivity (Wildman–Crippen MR) is 82.3 cm³/mol. The Morgan fingerprint density at radius 2 is 1.90 bits per heavy atom. The van der Waals surface area contributed by atoms with Crippen molar-refractivity contribution in [1.29, 1.82) is 0 Å². The lowest BCUT2D eigenvalue weighted by molar-refractivity contribution is -0.121. The molecular weight excluding hydrogens is 264 g/mol. The summed E-state index contributed by atoms with van der Waals surface area (Å²) in [5, 5.41) is 2.84. The summed E-state index contributed by atoms with van der Waals surface area (Å²) in [6, 6.07) is 15.2. The Bertz CT molecular complexity index is 695. The summed E-state index contributed by atoms with van der Waals surface area (Å²) in [6.45, 7) is 1.99. The van der Waals surface area contributed by atoms with Crippen LogP contribution in [0.25, 0.3) is 0 Å². The fraction of sp³-hybridized carbons (Fsp3) is 0.176. The summed E-state index contributed by atoms with van der Waals surface area (Å²) in [4.78, 5) is 25.9. The number of hydrogen-bond donors (Lipinski definition) is 1. The van der Waals surface area contributed by atoms with Gasteiger partial charge in [0, 0.05) is 0 Å². The van der Waals surface area contributed by atoms with E-state index in [4.69, 9.17) is 0 Å². The van der Waals surface area contributed by atoms with Crippen LogP contribution >= 0.6 is 0 Å². The molecule has 3 rings (SSSR count). The first kappa shape index (κ1) is 13.4. The van der Waals surface area contributed by atoms with E-state index in [1.807, 2.05) is 55.5 Å². The predicted octanol–water partition coefficient (Wildman–Crippen LogP) is 2.52. The van der Waals surface area contributed by atoms with Crippen LogP contribution in [0.2, 0.25) is 0 Å². The molecule has 21 heavy (non-hydrogen) atoms. The molecule has 4 nitrogen and oxygen atoms in total. The highest BCUT2D eigenvalue weighted by Gasteiger charge is 2.27. The molecule has 0 aromatic heterocycles. The maximum atomic E-state index is 12.5. The van der Waals surface area contributed by atoms with Crippen LogP contribution in [0.1, 0.15) is 11.1 Å². The number of rotatable bonds is 2. The molecule has 0 aliphatic carbocycles.